The molecule has 0 fully saturated rings. The van der Waals surface area contributed by atoms with Crippen LogP contribution < -0.4 is 21.8 Å². The maximum absolute atomic E-state index is 12.5. The molecule has 0 radical (unpaired) electrons. The van der Waals surface area contributed by atoms with E-state index in [1.54, 1.807) is 42.5 Å². The third-order valence-corrected chi connectivity index (χ3v) is 4.51. The first kappa shape index (κ1) is 16.8. The number of anilines is 2. The number of aromatic nitrogens is 2. The Morgan fingerprint density at radius 1 is 1.04 bits per heavy atom. The number of para-hydroxylation sites is 2. The monoisotopic (exact) mass is 364 g/mol. The average Bonchev–Trinajstić information content (AvgIpc) is 2.65. The zero-order valence-electron chi connectivity index (χ0n) is 14.2. The van der Waals surface area contributed by atoms with Crippen LogP contribution in [0.2, 0.25) is 0 Å². The number of carbonyl (C=O) groups is 2. The van der Waals surface area contributed by atoms with Crippen molar-refractivity contribution in [2.24, 2.45) is 0 Å². The molecular formula is C19H16N4O4. The molecule has 3 N–H and O–H groups in total. The summed E-state index contributed by atoms with van der Waals surface area (Å²) in [6, 6.07) is 13.0. The van der Waals surface area contributed by atoms with Gasteiger partial charge in [0.1, 0.15) is 6.04 Å². The highest BCUT2D eigenvalue weighted by Crippen LogP contribution is 2.30. The van der Waals surface area contributed by atoms with Crippen LogP contribution >= 0.6 is 0 Å². The number of amides is 2. The van der Waals surface area contributed by atoms with Crippen LogP contribution in [0.4, 0.5) is 11.4 Å². The molecule has 2 heterocycles. The van der Waals surface area contributed by atoms with E-state index in [1.807, 2.05) is 6.07 Å². The molecule has 1 aromatic heterocycles. The van der Waals surface area contributed by atoms with Gasteiger partial charge in [-0.05, 0) is 30.7 Å². The largest absolute Gasteiger partial charge is 0.326 e. The summed E-state index contributed by atoms with van der Waals surface area (Å²) in [6.07, 6.45) is 0.118. The molecule has 4 rings (SSSR count). The highest BCUT2D eigenvalue weighted by Gasteiger charge is 2.30. The summed E-state index contributed by atoms with van der Waals surface area (Å²) in [5, 5.41) is 5.48. The maximum Gasteiger partial charge on any atom is 0.317 e. The van der Waals surface area contributed by atoms with E-state index in [0.29, 0.717) is 22.4 Å². The van der Waals surface area contributed by atoms with Gasteiger partial charge in [-0.15, -0.1) is 0 Å². The van der Waals surface area contributed by atoms with Crippen LogP contribution in [0.5, 0.6) is 0 Å². The van der Waals surface area contributed by atoms with E-state index < -0.39 is 23.1 Å². The van der Waals surface area contributed by atoms with E-state index >= 15 is 0 Å². The number of hydrogen-bond acceptors (Lipinski definition) is 4. The summed E-state index contributed by atoms with van der Waals surface area (Å²) in [5.74, 6) is -0.697. The van der Waals surface area contributed by atoms with Crippen molar-refractivity contribution in [2.45, 2.75) is 18.9 Å². The molecule has 2 aromatic carbocycles. The third-order valence-electron chi connectivity index (χ3n) is 4.51. The van der Waals surface area contributed by atoms with Gasteiger partial charge in [0.25, 0.3) is 0 Å². The Kier molecular flexibility index (Phi) is 4.08. The molecule has 2 amide bonds. The number of aromatic amines is 1. The lowest BCUT2D eigenvalue weighted by Crippen LogP contribution is -2.44. The molecule has 8 nitrogen and oxygen atoms in total. The van der Waals surface area contributed by atoms with Crippen LogP contribution in [0.15, 0.2) is 58.1 Å². The molecule has 0 aliphatic carbocycles. The van der Waals surface area contributed by atoms with Crippen molar-refractivity contribution in [1.82, 2.24) is 9.55 Å². The first-order chi connectivity index (χ1) is 13.0. The summed E-state index contributed by atoms with van der Waals surface area (Å²) >= 11 is 0. The zero-order valence-corrected chi connectivity index (χ0v) is 14.2. The van der Waals surface area contributed by atoms with E-state index in [9.17, 15) is 19.2 Å². The molecule has 3 aromatic rings. The Bertz CT molecular complexity index is 1160. The molecule has 0 spiro atoms. The fourth-order valence-corrected chi connectivity index (χ4v) is 3.30. The molecule has 1 aliphatic rings. The number of rotatable bonds is 4. The number of benzene rings is 2. The van der Waals surface area contributed by atoms with Gasteiger partial charge < -0.3 is 15.6 Å². The van der Waals surface area contributed by atoms with Gasteiger partial charge in [-0.2, -0.15) is 0 Å². The molecule has 0 unspecified atom stereocenters. The minimum absolute atomic E-state index is 0.0237. The van der Waals surface area contributed by atoms with Crippen molar-refractivity contribution in [3.05, 3.63) is 69.2 Å². The van der Waals surface area contributed by atoms with Gasteiger partial charge in [-0.25, -0.2) is 0 Å². The highest BCUT2D eigenvalue weighted by molar-refractivity contribution is 6.05. The second-order valence-electron chi connectivity index (χ2n) is 6.29. The van der Waals surface area contributed by atoms with Gasteiger partial charge in [-0.1, -0.05) is 24.3 Å². The lowest BCUT2D eigenvalue weighted by Gasteiger charge is -2.26. The van der Waals surface area contributed by atoms with Crippen LogP contribution in [0.1, 0.15) is 18.9 Å². The Labute approximate surface area is 152 Å². The van der Waals surface area contributed by atoms with E-state index in [4.69, 9.17) is 0 Å². The quantitative estimate of drug-likeness (QED) is 0.610. The SMILES string of the molecule is O=C(CC[C@@H]1C(=O)Nc2cccc3[nH]c(=O)c(=O)n1c23)Nc1ccccc1. The lowest BCUT2D eigenvalue weighted by molar-refractivity contribution is -0.120. The minimum Gasteiger partial charge on any atom is -0.326 e. The van der Waals surface area contributed by atoms with Crippen molar-refractivity contribution in [3.8, 4) is 0 Å². The number of nitrogens with zero attached hydrogens (tertiary/aromatic N) is 1. The predicted molar refractivity (Wildman–Crippen MR) is 101 cm³/mol. The lowest BCUT2D eigenvalue weighted by atomic mass is 10.1. The molecule has 0 saturated carbocycles. The average molecular weight is 364 g/mol. The van der Waals surface area contributed by atoms with E-state index in [0.717, 1.165) is 0 Å². The first-order valence-electron chi connectivity index (χ1n) is 8.48. The Morgan fingerprint density at radius 2 is 1.81 bits per heavy atom. The summed E-state index contributed by atoms with van der Waals surface area (Å²) in [7, 11) is 0. The summed E-state index contributed by atoms with van der Waals surface area (Å²) in [5.41, 5.74) is 0.407. The second kappa shape index (κ2) is 6.56. The number of carbonyl (C=O) groups excluding carboxylic acids is 2. The van der Waals surface area contributed by atoms with Crippen molar-refractivity contribution in [3.63, 3.8) is 0 Å². The normalized spacial score (nSPS) is 15.4. The van der Waals surface area contributed by atoms with Gasteiger partial charge in [-0.3, -0.25) is 23.7 Å². The zero-order chi connectivity index (χ0) is 19.0. The molecule has 0 saturated heterocycles. The molecule has 1 aliphatic heterocycles. The molecule has 0 bridgehead atoms. The first-order valence-corrected chi connectivity index (χ1v) is 8.48. The highest BCUT2D eigenvalue weighted by atomic mass is 16.2. The Morgan fingerprint density at radius 3 is 2.59 bits per heavy atom. The molecule has 1 atom stereocenters. The molecular weight excluding hydrogens is 348 g/mol. The fourth-order valence-electron chi connectivity index (χ4n) is 3.30. The maximum atomic E-state index is 12.5. The predicted octanol–water partition coefficient (Wildman–Crippen LogP) is 1.60. The summed E-state index contributed by atoms with van der Waals surface area (Å²) in [6.45, 7) is 0. The van der Waals surface area contributed by atoms with E-state index in [-0.39, 0.29) is 18.7 Å². The fraction of sp³-hybridized carbons (Fsp3) is 0.158. The van der Waals surface area contributed by atoms with Crippen LogP contribution in [0, 0.1) is 0 Å². The number of H-pyrrole nitrogens is 1. The van der Waals surface area contributed by atoms with Crippen LogP contribution in [0.3, 0.4) is 0 Å². The number of hydrogen-bond donors (Lipinski definition) is 3. The second-order valence-corrected chi connectivity index (χ2v) is 6.29. The molecule has 136 valence electrons. The van der Waals surface area contributed by atoms with Crippen molar-refractivity contribution < 1.29 is 9.59 Å². The van der Waals surface area contributed by atoms with Crippen molar-refractivity contribution >= 4 is 34.2 Å². The van der Waals surface area contributed by atoms with Gasteiger partial charge in [0.05, 0.1) is 16.7 Å². The Balaban J connectivity index is 1.64. The van der Waals surface area contributed by atoms with Crippen molar-refractivity contribution in [1.29, 1.82) is 0 Å². The van der Waals surface area contributed by atoms with Gasteiger partial charge in [0, 0.05) is 12.1 Å². The third kappa shape index (κ3) is 3.01. The summed E-state index contributed by atoms with van der Waals surface area (Å²) < 4.78 is 1.19. The molecule has 8 heteroatoms. The van der Waals surface area contributed by atoms with Crippen LogP contribution in [-0.2, 0) is 9.59 Å². The Hall–Kier alpha value is -3.68. The summed E-state index contributed by atoms with van der Waals surface area (Å²) in [4.78, 5) is 51.7. The number of nitrogens with one attached hydrogen (secondary N) is 3. The van der Waals surface area contributed by atoms with Gasteiger partial charge in [0.2, 0.25) is 11.8 Å². The molecule has 27 heavy (non-hydrogen) atoms. The van der Waals surface area contributed by atoms with Gasteiger partial charge in [0.15, 0.2) is 0 Å². The topological polar surface area (TPSA) is 113 Å². The van der Waals surface area contributed by atoms with Crippen LogP contribution in [-0.4, -0.2) is 21.4 Å². The standard InChI is InChI=1S/C19H16N4O4/c24-15(20-11-5-2-1-3-6-11)10-9-14-17(25)21-12-7-4-8-13-16(12)23(14)19(27)18(26)22-13/h1-8,14H,9-10H2,(H,20,24)(H,21,25)(H,22,26)/t14-/m1/s1. The van der Waals surface area contributed by atoms with Crippen molar-refractivity contribution in [2.75, 3.05) is 10.6 Å². The van der Waals surface area contributed by atoms with E-state index in [2.05, 4.69) is 15.6 Å². The van der Waals surface area contributed by atoms with E-state index in [1.165, 1.54) is 4.57 Å². The smallest absolute Gasteiger partial charge is 0.317 e. The van der Waals surface area contributed by atoms with Gasteiger partial charge >= 0.3 is 11.1 Å². The van der Waals surface area contributed by atoms with Crippen LogP contribution in [0.25, 0.3) is 11.0 Å². The minimum atomic E-state index is -0.932.